The Morgan fingerprint density at radius 1 is 1.40 bits per heavy atom. The highest BCUT2D eigenvalue weighted by Gasteiger charge is 2.28. The predicted octanol–water partition coefficient (Wildman–Crippen LogP) is 1.39. The average Bonchev–Trinajstić information content (AvgIpc) is 2.53. The van der Waals surface area contributed by atoms with Crippen LogP contribution in [0.3, 0.4) is 0 Å². The van der Waals surface area contributed by atoms with Crippen molar-refractivity contribution >= 4 is 6.09 Å². The zero-order valence-corrected chi connectivity index (χ0v) is 11.4. The molecule has 0 aliphatic carbocycles. The van der Waals surface area contributed by atoms with Crippen molar-refractivity contribution in [2.45, 2.75) is 25.6 Å². The van der Waals surface area contributed by atoms with Crippen LogP contribution in [0, 0.1) is 5.92 Å². The SMILES string of the molecule is O=C(OCc1ccccc1)N1CCC[C@H]([C@H](O)CO)C1. The maximum absolute atomic E-state index is 12.0. The molecule has 2 rings (SSSR count). The number of aliphatic hydroxyl groups is 2. The number of aliphatic hydroxyl groups excluding tert-OH is 2. The molecule has 1 aromatic carbocycles. The van der Waals surface area contributed by atoms with E-state index in [0.717, 1.165) is 18.4 Å². The molecule has 5 nitrogen and oxygen atoms in total. The molecule has 1 heterocycles. The van der Waals surface area contributed by atoms with Gasteiger partial charge in [0.2, 0.25) is 0 Å². The van der Waals surface area contributed by atoms with Gasteiger partial charge in [-0.05, 0) is 18.4 Å². The van der Waals surface area contributed by atoms with E-state index in [1.807, 2.05) is 30.3 Å². The van der Waals surface area contributed by atoms with E-state index in [4.69, 9.17) is 9.84 Å². The van der Waals surface area contributed by atoms with Gasteiger partial charge < -0.3 is 19.8 Å². The van der Waals surface area contributed by atoms with Crippen LogP contribution in [0.1, 0.15) is 18.4 Å². The lowest BCUT2D eigenvalue weighted by atomic mass is 9.93. The van der Waals surface area contributed by atoms with Crippen LogP contribution in [-0.2, 0) is 11.3 Å². The summed E-state index contributed by atoms with van der Waals surface area (Å²) in [5.41, 5.74) is 0.949. The molecule has 0 saturated carbocycles. The Balaban J connectivity index is 1.83. The number of hydrogen-bond acceptors (Lipinski definition) is 4. The molecule has 2 N–H and O–H groups in total. The number of carbonyl (C=O) groups is 1. The van der Waals surface area contributed by atoms with Gasteiger partial charge >= 0.3 is 6.09 Å². The number of piperidine rings is 1. The smallest absolute Gasteiger partial charge is 0.410 e. The third-order valence-electron chi connectivity index (χ3n) is 3.65. The van der Waals surface area contributed by atoms with E-state index in [0.29, 0.717) is 13.1 Å². The fourth-order valence-electron chi connectivity index (χ4n) is 2.45. The normalized spacial score (nSPS) is 20.5. The van der Waals surface area contributed by atoms with Gasteiger partial charge in [-0.1, -0.05) is 30.3 Å². The van der Waals surface area contributed by atoms with Gasteiger partial charge in [0.15, 0.2) is 0 Å². The summed E-state index contributed by atoms with van der Waals surface area (Å²) in [5.74, 6) is -0.0713. The Hall–Kier alpha value is -1.59. The lowest BCUT2D eigenvalue weighted by Gasteiger charge is -2.33. The fraction of sp³-hybridized carbons (Fsp3) is 0.533. The topological polar surface area (TPSA) is 70.0 Å². The first-order valence-corrected chi connectivity index (χ1v) is 6.95. The summed E-state index contributed by atoms with van der Waals surface area (Å²) in [4.78, 5) is 13.6. The maximum Gasteiger partial charge on any atom is 0.410 e. The first-order valence-electron chi connectivity index (χ1n) is 6.95. The van der Waals surface area contributed by atoms with E-state index in [1.54, 1.807) is 4.90 Å². The van der Waals surface area contributed by atoms with Crippen molar-refractivity contribution in [1.29, 1.82) is 0 Å². The predicted molar refractivity (Wildman–Crippen MR) is 74.0 cm³/mol. The number of nitrogens with zero attached hydrogens (tertiary/aromatic N) is 1. The Morgan fingerprint density at radius 3 is 2.85 bits per heavy atom. The van der Waals surface area contributed by atoms with Crippen LogP contribution in [-0.4, -0.2) is 47.0 Å². The van der Waals surface area contributed by atoms with E-state index in [2.05, 4.69) is 0 Å². The Morgan fingerprint density at radius 2 is 2.15 bits per heavy atom. The minimum Gasteiger partial charge on any atom is -0.445 e. The van der Waals surface area contributed by atoms with Gasteiger partial charge in [-0.15, -0.1) is 0 Å². The number of rotatable bonds is 4. The summed E-state index contributed by atoms with van der Waals surface area (Å²) >= 11 is 0. The van der Waals surface area contributed by atoms with Crippen LogP contribution < -0.4 is 0 Å². The number of ether oxygens (including phenoxy) is 1. The van der Waals surface area contributed by atoms with Gasteiger partial charge in [0, 0.05) is 19.0 Å². The molecule has 20 heavy (non-hydrogen) atoms. The number of carbonyl (C=O) groups excluding carboxylic acids is 1. The maximum atomic E-state index is 12.0. The summed E-state index contributed by atoms with van der Waals surface area (Å²) < 4.78 is 5.27. The van der Waals surface area contributed by atoms with Crippen molar-refractivity contribution in [1.82, 2.24) is 4.90 Å². The van der Waals surface area contributed by atoms with Crippen LogP contribution in [0.15, 0.2) is 30.3 Å². The standard InChI is InChI=1S/C15H21NO4/c17-10-14(18)13-7-4-8-16(9-13)15(19)20-11-12-5-2-1-3-6-12/h1-3,5-6,13-14,17-18H,4,7-11H2/t13-,14+/m0/s1. The lowest BCUT2D eigenvalue weighted by Crippen LogP contribution is -2.44. The summed E-state index contributed by atoms with van der Waals surface area (Å²) in [6.45, 7) is 1.07. The zero-order valence-electron chi connectivity index (χ0n) is 11.4. The zero-order chi connectivity index (χ0) is 14.4. The van der Waals surface area contributed by atoms with Crippen molar-refractivity contribution in [3.05, 3.63) is 35.9 Å². The van der Waals surface area contributed by atoms with Crippen molar-refractivity contribution in [2.75, 3.05) is 19.7 Å². The largest absolute Gasteiger partial charge is 0.445 e. The molecular weight excluding hydrogens is 258 g/mol. The molecular formula is C15H21NO4. The number of hydrogen-bond donors (Lipinski definition) is 2. The van der Waals surface area contributed by atoms with Crippen LogP contribution in [0.5, 0.6) is 0 Å². The second kappa shape index (κ2) is 7.26. The number of amides is 1. The molecule has 1 fully saturated rings. The van der Waals surface area contributed by atoms with Gasteiger partial charge in [-0.2, -0.15) is 0 Å². The third-order valence-corrected chi connectivity index (χ3v) is 3.65. The molecule has 0 unspecified atom stereocenters. The highest BCUT2D eigenvalue weighted by Crippen LogP contribution is 2.20. The van der Waals surface area contributed by atoms with Gasteiger partial charge in [-0.3, -0.25) is 0 Å². The van der Waals surface area contributed by atoms with Gasteiger partial charge in [-0.25, -0.2) is 4.79 Å². The first-order chi connectivity index (χ1) is 9.70. The molecule has 1 aliphatic rings. The third kappa shape index (κ3) is 3.95. The van der Waals surface area contributed by atoms with E-state index >= 15 is 0 Å². The minimum atomic E-state index is -0.764. The molecule has 0 radical (unpaired) electrons. The van der Waals surface area contributed by atoms with Gasteiger partial charge in [0.05, 0.1) is 12.7 Å². The molecule has 5 heteroatoms. The van der Waals surface area contributed by atoms with E-state index in [-0.39, 0.29) is 25.2 Å². The van der Waals surface area contributed by atoms with Crippen LogP contribution >= 0.6 is 0 Å². The molecule has 1 aromatic rings. The summed E-state index contributed by atoms with van der Waals surface area (Å²) in [7, 11) is 0. The molecule has 0 aromatic heterocycles. The minimum absolute atomic E-state index is 0.0713. The van der Waals surface area contributed by atoms with Gasteiger partial charge in [0.25, 0.3) is 0 Å². The highest BCUT2D eigenvalue weighted by atomic mass is 16.6. The molecule has 2 atom stereocenters. The first kappa shape index (κ1) is 14.8. The van der Waals surface area contributed by atoms with E-state index in [1.165, 1.54) is 0 Å². The Labute approximate surface area is 118 Å². The fourth-order valence-corrected chi connectivity index (χ4v) is 2.45. The van der Waals surface area contributed by atoms with E-state index < -0.39 is 6.10 Å². The van der Waals surface area contributed by atoms with Crippen molar-refractivity contribution in [3.63, 3.8) is 0 Å². The molecule has 0 spiro atoms. The summed E-state index contributed by atoms with van der Waals surface area (Å²) in [5, 5.41) is 18.6. The molecule has 1 saturated heterocycles. The quantitative estimate of drug-likeness (QED) is 0.874. The molecule has 110 valence electrons. The highest BCUT2D eigenvalue weighted by molar-refractivity contribution is 5.67. The molecule has 1 amide bonds. The second-order valence-electron chi connectivity index (χ2n) is 5.14. The van der Waals surface area contributed by atoms with E-state index in [9.17, 15) is 9.90 Å². The second-order valence-corrected chi connectivity index (χ2v) is 5.14. The summed E-state index contributed by atoms with van der Waals surface area (Å²) in [6.07, 6.45) is 0.523. The van der Waals surface area contributed by atoms with Gasteiger partial charge in [0.1, 0.15) is 6.61 Å². The Kier molecular flexibility index (Phi) is 5.38. The monoisotopic (exact) mass is 279 g/mol. The Bertz CT molecular complexity index is 423. The molecule has 0 bridgehead atoms. The molecule has 1 aliphatic heterocycles. The van der Waals surface area contributed by atoms with Crippen molar-refractivity contribution in [3.8, 4) is 0 Å². The summed E-state index contributed by atoms with van der Waals surface area (Å²) in [6, 6.07) is 9.52. The number of likely N-dealkylation sites (tertiary alicyclic amines) is 1. The van der Waals surface area contributed by atoms with Crippen LogP contribution in [0.4, 0.5) is 4.79 Å². The van der Waals surface area contributed by atoms with Crippen molar-refractivity contribution < 1.29 is 19.7 Å². The lowest BCUT2D eigenvalue weighted by molar-refractivity contribution is 0.00920. The average molecular weight is 279 g/mol. The van der Waals surface area contributed by atoms with Crippen molar-refractivity contribution in [2.24, 2.45) is 5.92 Å². The number of benzene rings is 1. The van der Waals surface area contributed by atoms with Crippen LogP contribution in [0.2, 0.25) is 0 Å². The van der Waals surface area contributed by atoms with Crippen LogP contribution in [0.25, 0.3) is 0 Å².